The molecule has 4 rings (SSSR count). The molecule has 2 N–H and O–H groups in total. The van der Waals surface area contributed by atoms with Gasteiger partial charge in [-0.25, -0.2) is 0 Å². The highest BCUT2D eigenvalue weighted by Gasteiger charge is 2.70. The van der Waals surface area contributed by atoms with Crippen LogP contribution in [0, 0.1) is 11.3 Å². The molecule has 2 fully saturated rings. The summed E-state index contributed by atoms with van der Waals surface area (Å²) in [4.78, 5) is 2.27. The SMILES string of the molecule is CCOc1ccc(CN2C[C@H](O)[C@@]3(C2)[C@H](CO)[C@H]3c2ccccc2)cc1Cl. The number of hydrogen-bond donors (Lipinski definition) is 2. The Kier molecular flexibility index (Phi) is 5.17. The van der Waals surface area contributed by atoms with Gasteiger partial charge in [-0.3, -0.25) is 4.90 Å². The second-order valence-corrected chi connectivity index (χ2v) is 8.08. The van der Waals surface area contributed by atoms with E-state index in [0.29, 0.717) is 23.9 Å². The number of likely N-dealkylation sites (tertiary alicyclic amines) is 1. The standard InChI is InChI=1S/C22H26ClNO3/c1-2-27-19-9-8-15(10-18(19)23)11-24-12-20(26)22(14-24)17(13-25)21(22)16-6-4-3-5-7-16/h3-10,17,20-21,25-26H,2,11-14H2,1H3/t17-,20+,21-,22-/m1/s1. The van der Waals surface area contributed by atoms with Gasteiger partial charge in [0.2, 0.25) is 0 Å². The highest BCUT2D eigenvalue weighted by Crippen LogP contribution is 2.68. The lowest BCUT2D eigenvalue weighted by Crippen LogP contribution is -2.23. The number of aliphatic hydroxyl groups excluding tert-OH is 2. The Labute approximate surface area is 165 Å². The molecule has 5 heteroatoms. The third kappa shape index (κ3) is 3.25. The van der Waals surface area contributed by atoms with Gasteiger partial charge < -0.3 is 14.9 Å². The Morgan fingerprint density at radius 2 is 2.00 bits per heavy atom. The zero-order valence-electron chi connectivity index (χ0n) is 15.5. The Bertz CT molecular complexity index is 799. The largest absolute Gasteiger partial charge is 0.492 e. The number of benzene rings is 2. The van der Waals surface area contributed by atoms with Gasteiger partial charge in [0.15, 0.2) is 0 Å². The molecule has 1 aliphatic heterocycles. The van der Waals surface area contributed by atoms with Crippen LogP contribution >= 0.6 is 11.6 Å². The van der Waals surface area contributed by atoms with E-state index >= 15 is 0 Å². The van der Waals surface area contributed by atoms with Gasteiger partial charge in [0, 0.05) is 31.7 Å². The number of aliphatic hydroxyl groups is 2. The zero-order chi connectivity index (χ0) is 19.0. The molecule has 0 bridgehead atoms. The average Bonchev–Trinajstić information content (AvgIpc) is 3.21. The monoisotopic (exact) mass is 387 g/mol. The van der Waals surface area contributed by atoms with Crippen molar-refractivity contribution >= 4 is 11.6 Å². The molecular weight excluding hydrogens is 362 g/mol. The summed E-state index contributed by atoms with van der Waals surface area (Å²) in [5.74, 6) is 1.03. The van der Waals surface area contributed by atoms with Crippen LogP contribution in [0.5, 0.6) is 5.75 Å². The first kappa shape index (κ1) is 18.8. The van der Waals surface area contributed by atoms with Crippen LogP contribution < -0.4 is 4.74 Å². The summed E-state index contributed by atoms with van der Waals surface area (Å²) in [6.45, 7) is 4.76. The molecule has 1 saturated carbocycles. The second-order valence-electron chi connectivity index (χ2n) is 7.67. The van der Waals surface area contributed by atoms with Crippen molar-refractivity contribution in [1.82, 2.24) is 4.90 Å². The number of β-amino-alcohol motifs (C(OH)–C–C–N with tert-alkyl or cyclic N) is 1. The molecule has 1 aliphatic carbocycles. The van der Waals surface area contributed by atoms with E-state index in [1.54, 1.807) is 0 Å². The maximum absolute atomic E-state index is 10.9. The minimum Gasteiger partial charge on any atom is -0.492 e. The van der Waals surface area contributed by atoms with Crippen molar-refractivity contribution in [1.29, 1.82) is 0 Å². The van der Waals surface area contributed by atoms with E-state index in [0.717, 1.165) is 18.7 Å². The van der Waals surface area contributed by atoms with E-state index in [1.165, 1.54) is 5.56 Å². The van der Waals surface area contributed by atoms with Gasteiger partial charge in [-0.2, -0.15) is 0 Å². The predicted molar refractivity (Wildman–Crippen MR) is 106 cm³/mol. The van der Waals surface area contributed by atoms with E-state index in [2.05, 4.69) is 17.0 Å². The molecule has 0 radical (unpaired) electrons. The maximum Gasteiger partial charge on any atom is 0.137 e. The molecule has 2 aromatic rings. The highest BCUT2D eigenvalue weighted by molar-refractivity contribution is 6.32. The molecule has 2 aromatic carbocycles. The molecule has 1 spiro atoms. The molecule has 4 nitrogen and oxygen atoms in total. The van der Waals surface area contributed by atoms with Gasteiger partial charge >= 0.3 is 0 Å². The van der Waals surface area contributed by atoms with Crippen LogP contribution in [0.15, 0.2) is 48.5 Å². The first-order valence-corrected chi connectivity index (χ1v) is 9.95. The molecule has 0 aromatic heterocycles. The van der Waals surface area contributed by atoms with Crippen LogP contribution in [0.3, 0.4) is 0 Å². The van der Waals surface area contributed by atoms with Gasteiger partial charge in [0.25, 0.3) is 0 Å². The molecule has 0 amide bonds. The molecule has 2 aliphatic rings. The lowest BCUT2D eigenvalue weighted by molar-refractivity contribution is 0.111. The van der Waals surface area contributed by atoms with Crippen LogP contribution in [-0.2, 0) is 6.54 Å². The van der Waals surface area contributed by atoms with Crippen molar-refractivity contribution < 1.29 is 14.9 Å². The molecule has 1 saturated heterocycles. The van der Waals surface area contributed by atoms with Crippen LogP contribution in [0.25, 0.3) is 0 Å². The van der Waals surface area contributed by atoms with E-state index in [4.69, 9.17) is 16.3 Å². The lowest BCUT2D eigenvalue weighted by Gasteiger charge is -2.17. The average molecular weight is 388 g/mol. The highest BCUT2D eigenvalue weighted by atomic mass is 35.5. The molecule has 27 heavy (non-hydrogen) atoms. The van der Waals surface area contributed by atoms with Gasteiger partial charge in [-0.15, -0.1) is 0 Å². The summed E-state index contributed by atoms with van der Waals surface area (Å²) in [5.41, 5.74) is 2.07. The first-order chi connectivity index (χ1) is 13.1. The molecule has 0 unspecified atom stereocenters. The normalized spacial score (nSPS) is 30.0. The van der Waals surface area contributed by atoms with Gasteiger partial charge in [0.1, 0.15) is 5.75 Å². The van der Waals surface area contributed by atoms with Crippen molar-refractivity contribution in [3.63, 3.8) is 0 Å². The summed E-state index contributed by atoms with van der Waals surface area (Å²) < 4.78 is 5.50. The number of hydrogen-bond acceptors (Lipinski definition) is 4. The quantitative estimate of drug-likeness (QED) is 0.798. The summed E-state index contributed by atoms with van der Waals surface area (Å²) in [6, 6.07) is 16.1. The summed E-state index contributed by atoms with van der Waals surface area (Å²) >= 11 is 6.31. The van der Waals surface area contributed by atoms with E-state index in [-0.39, 0.29) is 23.9 Å². The van der Waals surface area contributed by atoms with Crippen molar-refractivity contribution in [2.45, 2.75) is 25.5 Å². The predicted octanol–water partition coefficient (Wildman–Crippen LogP) is 3.31. The van der Waals surface area contributed by atoms with Gasteiger partial charge in [0.05, 0.1) is 17.7 Å². The van der Waals surface area contributed by atoms with Crippen LogP contribution in [0.4, 0.5) is 0 Å². The fourth-order valence-electron chi connectivity index (χ4n) is 4.95. The molecular formula is C22H26ClNO3. The third-order valence-corrected chi connectivity index (χ3v) is 6.46. The van der Waals surface area contributed by atoms with Gasteiger partial charge in [-0.05, 0) is 42.0 Å². The summed E-state index contributed by atoms with van der Waals surface area (Å²) in [6.07, 6.45) is -0.432. The Morgan fingerprint density at radius 3 is 2.67 bits per heavy atom. The van der Waals surface area contributed by atoms with Crippen molar-refractivity contribution in [3.8, 4) is 5.75 Å². The number of nitrogens with zero attached hydrogens (tertiary/aromatic N) is 1. The minimum absolute atomic E-state index is 0.110. The van der Waals surface area contributed by atoms with Gasteiger partial charge in [-0.1, -0.05) is 48.0 Å². The minimum atomic E-state index is -0.432. The number of halogens is 1. The van der Waals surface area contributed by atoms with Crippen molar-refractivity contribution in [2.75, 3.05) is 26.3 Å². The summed E-state index contributed by atoms with van der Waals surface area (Å²) in [5, 5.41) is 21.4. The Balaban J connectivity index is 1.49. The van der Waals surface area contributed by atoms with E-state index in [9.17, 15) is 10.2 Å². The lowest BCUT2D eigenvalue weighted by atomic mass is 9.95. The zero-order valence-corrected chi connectivity index (χ0v) is 16.3. The summed E-state index contributed by atoms with van der Waals surface area (Å²) in [7, 11) is 0. The number of rotatable bonds is 6. The topological polar surface area (TPSA) is 52.9 Å². The van der Waals surface area contributed by atoms with Crippen LogP contribution in [0.2, 0.25) is 5.02 Å². The van der Waals surface area contributed by atoms with Crippen LogP contribution in [0.1, 0.15) is 24.0 Å². The third-order valence-electron chi connectivity index (χ3n) is 6.17. The fraction of sp³-hybridized carbons (Fsp3) is 0.455. The van der Waals surface area contributed by atoms with Crippen molar-refractivity contribution in [2.24, 2.45) is 11.3 Å². The molecule has 144 valence electrons. The van der Waals surface area contributed by atoms with Crippen LogP contribution in [-0.4, -0.2) is 47.5 Å². The van der Waals surface area contributed by atoms with E-state index in [1.807, 2.05) is 43.3 Å². The fourth-order valence-corrected chi connectivity index (χ4v) is 5.21. The number of ether oxygens (including phenoxy) is 1. The molecule has 1 heterocycles. The maximum atomic E-state index is 10.9. The Hall–Kier alpha value is -1.59. The second kappa shape index (κ2) is 7.44. The first-order valence-electron chi connectivity index (χ1n) is 9.57. The molecule has 4 atom stereocenters. The van der Waals surface area contributed by atoms with E-state index < -0.39 is 6.10 Å². The Morgan fingerprint density at radius 1 is 1.22 bits per heavy atom. The van der Waals surface area contributed by atoms with Crippen molar-refractivity contribution in [3.05, 3.63) is 64.7 Å². The smallest absolute Gasteiger partial charge is 0.137 e.